The summed E-state index contributed by atoms with van der Waals surface area (Å²) in [5, 5.41) is 6.45. The molecule has 0 radical (unpaired) electrons. The van der Waals surface area contributed by atoms with Gasteiger partial charge in [0, 0.05) is 36.7 Å². The Morgan fingerprint density at radius 2 is 2.04 bits per heavy atom. The van der Waals surface area contributed by atoms with Crippen LogP contribution >= 0.6 is 11.3 Å². The second-order valence-corrected chi connectivity index (χ2v) is 6.84. The molecule has 0 N–H and O–H groups in total. The molecule has 2 aromatic heterocycles. The maximum absolute atomic E-state index is 12.3. The van der Waals surface area contributed by atoms with Gasteiger partial charge >= 0.3 is 0 Å². The van der Waals surface area contributed by atoms with Crippen LogP contribution in [-0.4, -0.2) is 27.6 Å². The van der Waals surface area contributed by atoms with Gasteiger partial charge in [-0.25, -0.2) is 4.68 Å². The van der Waals surface area contributed by atoms with Crippen molar-refractivity contribution in [1.29, 1.82) is 0 Å². The summed E-state index contributed by atoms with van der Waals surface area (Å²) in [6.07, 6.45) is 6.25. The fraction of sp³-hybridized carbons (Fsp3) is 0.263. The first-order valence-electron chi connectivity index (χ1n) is 8.08. The number of hydrogen-bond acceptors (Lipinski definition) is 3. The highest BCUT2D eigenvalue weighted by Gasteiger charge is 2.11. The van der Waals surface area contributed by atoms with E-state index in [9.17, 15) is 4.79 Å². The fourth-order valence-electron chi connectivity index (χ4n) is 2.59. The zero-order chi connectivity index (χ0) is 16.8. The number of nitrogens with zero attached hydrogens (tertiary/aromatic N) is 3. The number of benzene rings is 1. The first-order valence-corrected chi connectivity index (χ1v) is 8.95. The molecule has 5 heteroatoms. The molecule has 2 heterocycles. The Bertz CT molecular complexity index is 765. The van der Waals surface area contributed by atoms with E-state index in [0.29, 0.717) is 13.0 Å². The normalized spacial score (nSPS) is 10.7. The first-order chi connectivity index (χ1) is 11.7. The molecular formula is C19H21N3OS. The van der Waals surface area contributed by atoms with E-state index >= 15 is 0 Å². The second-order valence-electron chi connectivity index (χ2n) is 5.81. The highest BCUT2D eigenvalue weighted by Crippen LogP contribution is 2.13. The van der Waals surface area contributed by atoms with Crippen molar-refractivity contribution in [2.75, 3.05) is 7.05 Å². The summed E-state index contributed by atoms with van der Waals surface area (Å²) >= 11 is 1.75. The van der Waals surface area contributed by atoms with E-state index in [1.165, 1.54) is 4.88 Å². The molecule has 24 heavy (non-hydrogen) atoms. The van der Waals surface area contributed by atoms with Crippen LogP contribution in [-0.2, 0) is 17.8 Å². The van der Waals surface area contributed by atoms with Crippen LogP contribution in [0.2, 0.25) is 0 Å². The predicted octanol–water partition coefficient (Wildman–Crippen LogP) is 3.92. The third-order valence-corrected chi connectivity index (χ3v) is 4.83. The molecule has 0 aliphatic heterocycles. The summed E-state index contributed by atoms with van der Waals surface area (Å²) in [6, 6.07) is 14.2. The van der Waals surface area contributed by atoms with Gasteiger partial charge < -0.3 is 4.90 Å². The van der Waals surface area contributed by atoms with Gasteiger partial charge in [-0.05, 0) is 36.4 Å². The van der Waals surface area contributed by atoms with E-state index in [0.717, 1.165) is 24.1 Å². The zero-order valence-electron chi connectivity index (χ0n) is 13.8. The number of thiophene rings is 1. The average molecular weight is 339 g/mol. The Labute approximate surface area is 146 Å². The van der Waals surface area contributed by atoms with Crippen molar-refractivity contribution in [3.05, 3.63) is 70.7 Å². The van der Waals surface area contributed by atoms with Crippen LogP contribution in [0.3, 0.4) is 0 Å². The molecule has 0 spiro atoms. The maximum Gasteiger partial charge on any atom is 0.222 e. The van der Waals surface area contributed by atoms with E-state index in [1.807, 2.05) is 54.5 Å². The van der Waals surface area contributed by atoms with Gasteiger partial charge in [0.25, 0.3) is 0 Å². The lowest BCUT2D eigenvalue weighted by Crippen LogP contribution is -2.25. The number of aryl methyl sites for hydroxylation is 1. The van der Waals surface area contributed by atoms with Gasteiger partial charge in [0.1, 0.15) is 0 Å². The summed E-state index contributed by atoms with van der Waals surface area (Å²) in [5.74, 6) is 0.180. The number of rotatable bonds is 7. The molecule has 0 aliphatic rings. The number of para-hydroxylation sites is 1. The van der Waals surface area contributed by atoms with E-state index in [4.69, 9.17) is 0 Å². The molecule has 3 aromatic rings. The van der Waals surface area contributed by atoms with Crippen LogP contribution in [0, 0.1) is 0 Å². The topological polar surface area (TPSA) is 38.1 Å². The Balaban J connectivity index is 1.50. The largest absolute Gasteiger partial charge is 0.341 e. The van der Waals surface area contributed by atoms with Crippen LogP contribution in [0.25, 0.3) is 5.69 Å². The number of carbonyl (C=O) groups is 1. The van der Waals surface area contributed by atoms with Crippen LogP contribution in [0.1, 0.15) is 23.3 Å². The van der Waals surface area contributed by atoms with Gasteiger partial charge in [0.05, 0.1) is 11.9 Å². The van der Waals surface area contributed by atoms with Gasteiger partial charge in [-0.3, -0.25) is 4.79 Å². The molecule has 0 saturated carbocycles. The van der Waals surface area contributed by atoms with Crippen molar-refractivity contribution in [2.24, 2.45) is 0 Å². The molecule has 1 aromatic carbocycles. The van der Waals surface area contributed by atoms with Crippen molar-refractivity contribution < 1.29 is 4.79 Å². The van der Waals surface area contributed by atoms with Crippen molar-refractivity contribution in [1.82, 2.24) is 14.7 Å². The summed E-state index contributed by atoms with van der Waals surface area (Å²) in [7, 11) is 1.85. The maximum atomic E-state index is 12.3. The smallest absolute Gasteiger partial charge is 0.222 e. The van der Waals surface area contributed by atoms with Gasteiger partial charge in [0.2, 0.25) is 5.91 Å². The average Bonchev–Trinajstić information content (AvgIpc) is 3.27. The van der Waals surface area contributed by atoms with Crippen molar-refractivity contribution in [2.45, 2.75) is 25.8 Å². The molecule has 4 nitrogen and oxygen atoms in total. The lowest BCUT2D eigenvalue weighted by Gasteiger charge is -2.16. The highest BCUT2D eigenvalue weighted by atomic mass is 32.1. The summed E-state index contributed by atoms with van der Waals surface area (Å²) in [6.45, 7) is 0.588. The fourth-order valence-corrected chi connectivity index (χ4v) is 3.34. The molecule has 124 valence electrons. The highest BCUT2D eigenvalue weighted by molar-refractivity contribution is 7.09. The van der Waals surface area contributed by atoms with E-state index < -0.39 is 0 Å². The Hall–Kier alpha value is -2.40. The van der Waals surface area contributed by atoms with Crippen molar-refractivity contribution in [3.63, 3.8) is 0 Å². The minimum atomic E-state index is 0.180. The minimum Gasteiger partial charge on any atom is -0.341 e. The van der Waals surface area contributed by atoms with Crippen LogP contribution in [0.15, 0.2) is 60.2 Å². The van der Waals surface area contributed by atoms with Gasteiger partial charge in [-0.15, -0.1) is 11.3 Å². The standard InChI is InChI=1S/C19H21N3OS/c1-21(19(23)11-5-9-18-10-6-12-24-18)14-16-13-20-22(15-16)17-7-3-2-4-8-17/h2-4,6-8,10,12-13,15H,5,9,11,14H2,1H3. The Morgan fingerprint density at radius 3 is 2.79 bits per heavy atom. The molecule has 3 rings (SSSR count). The van der Waals surface area contributed by atoms with Gasteiger partial charge in [-0.2, -0.15) is 5.10 Å². The summed E-state index contributed by atoms with van der Waals surface area (Å²) in [5.41, 5.74) is 2.06. The summed E-state index contributed by atoms with van der Waals surface area (Å²) < 4.78 is 1.84. The lowest BCUT2D eigenvalue weighted by atomic mass is 10.2. The van der Waals surface area contributed by atoms with Crippen molar-refractivity contribution in [3.8, 4) is 5.69 Å². The van der Waals surface area contributed by atoms with E-state index in [1.54, 1.807) is 16.2 Å². The quantitative estimate of drug-likeness (QED) is 0.654. The monoisotopic (exact) mass is 339 g/mol. The second kappa shape index (κ2) is 7.93. The number of hydrogen-bond donors (Lipinski definition) is 0. The lowest BCUT2D eigenvalue weighted by molar-refractivity contribution is -0.130. The molecule has 0 bridgehead atoms. The molecular weight excluding hydrogens is 318 g/mol. The van der Waals surface area contributed by atoms with Gasteiger partial charge in [-0.1, -0.05) is 24.3 Å². The van der Waals surface area contributed by atoms with Gasteiger partial charge in [0.15, 0.2) is 0 Å². The molecule has 1 amide bonds. The Kier molecular flexibility index (Phi) is 5.43. The SMILES string of the molecule is CN(Cc1cnn(-c2ccccc2)c1)C(=O)CCCc1cccs1. The van der Waals surface area contributed by atoms with E-state index in [-0.39, 0.29) is 5.91 Å². The number of amides is 1. The zero-order valence-corrected chi connectivity index (χ0v) is 14.6. The molecule has 0 saturated heterocycles. The van der Waals surface area contributed by atoms with E-state index in [2.05, 4.69) is 22.6 Å². The minimum absolute atomic E-state index is 0.180. The molecule has 0 aliphatic carbocycles. The van der Waals surface area contributed by atoms with Crippen LogP contribution in [0.5, 0.6) is 0 Å². The van der Waals surface area contributed by atoms with Crippen LogP contribution in [0.4, 0.5) is 0 Å². The molecule has 0 fully saturated rings. The molecule has 0 unspecified atom stereocenters. The number of carbonyl (C=O) groups excluding carboxylic acids is 1. The Morgan fingerprint density at radius 1 is 1.21 bits per heavy atom. The third-order valence-electron chi connectivity index (χ3n) is 3.90. The molecule has 0 atom stereocenters. The first kappa shape index (κ1) is 16.5. The van der Waals surface area contributed by atoms with Crippen LogP contribution < -0.4 is 0 Å². The summed E-state index contributed by atoms with van der Waals surface area (Å²) in [4.78, 5) is 15.4. The number of aromatic nitrogens is 2. The predicted molar refractivity (Wildman–Crippen MR) is 97.3 cm³/mol. The van der Waals surface area contributed by atoms with Crippen molar-refractivity contribution >= 4 is 17.2 Å². The third kappa shape index (κ3) is 4.32.